The highest BCUT2D eigenvalue weighted by molar-refractivity contribution is 5.85. The second-order valence-electron chi connectivity index (χ2n) is 6.29. The quantitative estimate of drug-likeness (QED) is 0.645. The minimum atomic E-state index is -0.514. The lowest BCUT2D eigenvalue weighted by Crippen LogP contribution is -2.60. The van der Waals surface area contributed by atoms with Gasteiger partial charge < -0.3 is 15.7 Å². The van der Waals surface area contributed by atoms with Gasteiger partial charge in [-0.05, 0) is 26.2 Å². The molecule has 1 aliphatic rings. The van der Waals surface area contributed by atoms with Crippen molar-refractivity contribution in [2.45, 2.75) is 45.8 Å². The third-order valence-corrected chi connectivity index (χ3v) is 3.70. The third kappa shape index (κ3) is 5.09. The maximum atomic E-state index is 12.3. The van der Waals surface area contributed by atoms with Gasteiger partial charge in [-0.2, -0.15) is 0 Å². The lowest BCUT2D eigenvalue weighted by atomic mass is 10.00. The SMILES string of the molecule is CC(C)CC(O)CNC(=O)C(C)(C)N1CCNCC1. The van der Waals surface area contributed by atoms with Crippen LogP contribution in [-0.2, 0) is 4.79 Å². The van der Waals surface area contributed by atoms with Gasteiger partial charge in [0, 0.05) is 32.7 Å². The van der Waals surface area contributed by atoms with E-state index < -0.39 is 11.6 Å². The minimum absolute atomic E-state index is 0.00259. The topological polar surface area (TPSA) is 64.6 Å². The van der Waals surface area contributed by atoms with E-state index >= 15 is 0 Å². The van der Waals surface area contributed by atoms with Crippen LogP contribution in [0.25, 0.3) is 0 Å². The Balaban J connectivity index is 2.42. The molecule has 5 heteroatoms. The molecule has 0 aromatic heterocycles. The van der Waals surface area contributed by atoms with Crippen LogP contribution in [0, 0.1) is 5.92 Å². The van der Waals surface area contributed by atoms with Crippen LogP contribution < -0.4 is 10.6 Å². The maximum Gasteiger partial charge on any atom is 0.240 e. The zero-order chi connectivity index (χ0) is 14.5. The molecule has 5 nitrogen and oxygen atoms in total. The molecule has 0 saturated carbocycles. The summed E-state index contributed by atoms with van der Waals surface area (Å²) in [6.45, 7) is 12.0. The molecular formula is C14H29N3O2. The number of hydrogen-bond donors (Lipinski definition) is 3. The lowest BCUT2D eigenvalue weighted by Gasteiger charge is -2.39. The highest BCUT2D eigenvalue weighted by atomic mass is 16.3. The molecule has 0 radical (unpaired) electrons. The molecule has 0 spiro atoms. The first kappa shape index (κ1) is 16.4. The molecule has 0 aliphatic carbocycles. The number of nitrogens with one attached hydrogen (secondary N) is 2. The van der Waals surface area contributed by atoms with E-state index in [2.05, 4.69) is 29.4 Å². The number of aliphatic hydroxyl groups excluding tert-OH is 1. The summed E-state index contributed by atoms with van der Waals surface area (Å²) in [5.41, 5.74) is -0.514. The van der Waals surface area contributed by atoms with Crippen LogP contribution in [0.2, 0.25) is 0 Å². The van der Waals surface area contributed by atoms with Crippen molar-refractivity contribution in [2.75, 3.05) is 32.7 Å². The Morgan fingerprint density at radius 1 is 1.37 bits per heavy atom. The molecule has 3 N–H and O–H groups in total. The molecule has 112 valence electrons. The van der Waals surface area contributed by atoms with Crippen LogP contribution in [0.1, 0.15) is 34.1 Å². The summed E-state index contributed by atoms with van der Waals surface area (Å²) in [5.74, 6) is 0.435. The maximum absolute atomic E-state index is 12.3. The van der Waals surface area contributed by atoms with Crippen LogP contribution in [0.15, 0.2) is 0 Å². The largest absolute Gasteiger partial charge is 0.391 e. The van der Waals surface area contributed by atoms with Gasteiger partial charge in [0.15, 0.2) is 0 Å². The molecule has 1 atom stereocenters. The van der Waals surface area contributed by atoms with Crippen molar-refractivity contribution in [3.8, 4) is 0 Å². The number of nitrogens with zero attached hydrogens (tertiary/aromatic N) is 1. The van der Waals surface area contributed by atoms with Crippen molar-refractivity contribution in [2.24, 2.45) is 5.92 Å². The number of amides is 1. The number of aliphatic hydroxyl groups is 1. The molecule has 1 heterocycles. The highest BCUT2D eigenvalue weighted by Crippen LogP contribution is 2.15. The van der Waals surface area contributed by atoms with E-state index in [0.29, 0.717) is 18.9 Å². The Bertz CT molecular complexity index is 286. The normalized spacial score (nSPS) is 19.5. The monoisotopic (exact) mass is 271 g/mol. The van der Waals surface area contributed by atoms with Crippen LogP contribution in [-0.4, -0.2) is 60.3 Å². The second kappa shape index (κ2) is 7.22. The van der Waals surface area contributed by atoms with E-state index in [4.69, 9.17) is 0 Å². The van der Waals surface area contributed by atoms with Gasteiger partial charge in [-0.25, -0.2) is 0 Å². The van der Waals surface area contributed by atoms with Gasteiger partial charge in [-0.3, -0.25) is 9.69 Å². The second-order valence-corrected chi connectivity index (χ2v) is 6.29. The zero-order valence-corrected chi connectivity index (χ0v) is 12.7. The summed E-state index contributed by atoms with van der Waals surface area (Å²) < 4.78 is 0. The number of carbonyl (C=O) groups is 1. The van der Waals surface area contributed by atoms with Crippen molar-refractivity contribution >= 4 is 5.91 Å². The molecule has 0 bridgehead atoms. The van der Waals surface area contributed by atoms with E-state index in [1.165, 1.54) is 0 Å². The predicted octanol–water partition coefficient (Wildman–Crippen LogP) is 0.193. The Morgan fingerprint density at radius 2 is 1.95 bits per heavy atom. The zero-order valence-electron chi connectivity index (χ0n) is 12.7. The first-order valence-corrected chi connectivity index (χ1v) is 7.26. The van der Waals surface area contributed by atoms with Crippen molar-refractivity contribution in [1.82, 2.24) is 15.5 Å². The smallest absolute Gasteiger partial charge is 0.240 e. The fraction of sp³-hybridized carbons (Fsp3) is 0.929. The van der Waals surface area contributed by atoms with E-state index in [-0.39, 0.29) is 5.91 Å². The number of hydrogen-bond acceptors (Lipinski definition) is 4. The molecule has 1 saturated heterocycles. The number of rotatable bonds is 6. The van der Waals surface area contributed by atoms with Gasteiger partial charge in [-0.1, -0.05) is 13.8 Å². The average molecular weight is 271 g/mol. The Morgan fingerprint density at radius 3 is 2.47 bits per heavy atom. The predicted molar refractivity (Wildman–Crippen MR) is 77.0 cm³/mol. The molecule has 0 aromatic rings. The third-order valence-electron chi connectivity index (χ3n) is 3.70. The molecule has 1 unspecified atom stereocenters. The minimum Gasteiger partial charge on any atom is -0.391 e. The van der Waals surface area contributed by atoms with Gasteiger partial charge in [-0.15, -0.1) is 0 Å². The van der Waals surface area contributed by atoms with E-state index in [9.17, 15) is 9.90 Å². The molecular weight excluding hydrogens is 242 g/mol. The van der Waals surface area contributed by atoms with Gasteiger partial charge in [0.2, 0.25) is 5.91 Å². The Kier molecular flexibility index (Phi) is 6.23. The summed E-state index contributed by atoms with van der Waals surface area (Å²) >= 11 is 0. The Labute approximate surface area is 116 Å². The standard InChI is InChI=1S/C14H29N3O2/c1-11(2)9-12(18)10-16-13(19)14(3,4)17-7-5-15-6-8-17/h11-12,15,18H,5-10H2,1-4H3,(H,16,19). The molecule has 1 aliphatic heterocycles. The molecule has 1 fully saturated rings. The molecule has 1 rings (SSSR count). The fourth-order valence-electron chi connectivity index (χ4n) is 2.42. The van der Waals surface area contributed by atoms with E-state index in [0.717, 1.165) is 26.2 Å². The molecule has 19 heavy (non-hydrogen) atoms. The van der Waals surface area contributed by atoms with E-state index in [1.807, 2.05) is 13.8 Å². The lowest BCUT2D eigenvalue weighted by molar-refractivity contribution is -0.132. The number of carbonyl (C=O) groups excluding carboxylic acids is 1. The van der Waals surface area contributed by atoms with Gasteiger partial charge in [0.1, 0.15) is 0 Å². The summed E-state index contributed by atoms with van der Waals surface area (Å²) in [6, 6.07) is 0. The fourth-order valence-corrected chi connectivity index (χ4v) is 2.42. The molecule has 0 aromatic carbocycles. The highest BCUT2D eigenvalue weighted by Gasteiger charge is 2.35. The van der Waals surface area contributed by atoms with Crippen molar-refractivity contribution in [1.29, 1.82) is 0 Å². The van der Waals surface area contributed by atoms with Crippen LogP contribution in [0.5, 0.6) is 0 Å². The van der Waals surface area contributed by atoms with Crippen molar-refractivity contribution < 1.29 is 9.90 Å². The van der Waals surface area contributed by atoms with E-state index in [1.54, 1.807) is 0 Å². The summed E-state index contributed by atoms with van der Waals surface area (Å²) in [6.07, 6.45) is 0.261. The number of piperazine rings is 1. The van der Waals surface area contributed by atoms with Crippen molar-refractivity contribution in [3.05, 3.63) is 0 Å². The summed E-state index contributed by atoms with van der Waals surface area (Å²) in [7, 11) is 0. The first-order chi connectivity index (χ1) is 8.84. The van der Waals surface area contributed by atoms with Crippen molar-refractivity contribution in [3.63, 3.8) is 0 Å². The Hall–Kier alpha value is -0.650. The summed E-state index contributed by atoms with van der Waals surface area (Å²) in [5, 5.41) is 16.0. The van der Waals surface area contributed by atoms with Gasteiger partial charge in [0.25, 0.3) is 0 Å². The van der Waals surface area contributed by atoms with Gasteiger partial charge >= 0.3 is 0 Å². The summed E-state index contributed by atoms with van der Waals surface area (Å²) in [4.78, 5) is 14.5. The van der Waals surface area contributed by atoms with Gasteiger partial charge in [0.05, 0.1) is 11.6 Å². The first-order valence-electron chi connectivity index (χ1n) is 7.26. The van der Waals surface area contributed by atoms with Crippen LogP contribution >= 0.6 is 0 Å². The van der Waals surface area contributed by atoms with Crippen LogP contribution in [0.3, 0.4) is 0 Å². The molecule has 1 amide bonds. The average Bonchev–Trinajstić information content (AvgIpc) is 2.36. The van der Waals surface area contributed by atoms with Crippen LogP contribution in [0.4, 0.5) is 0 Å².